The third kappa shape index (κ3) is 3.70. The minimum atomic E-state index is -4.51. The Morgan fingerprint density at radius 2 is 1.96 bits per heavy atom. The Bertz CT molecular complexity index is 826. The lowest BCUT2D eigenvalue weighted by atomic mass is 10.2. The van der Waals surface area contributed by atoms with Crippen molar-refractivity contribution in [3.8, 4) is 0 Å². The van der Waals surface area contributed by atoms with E-state index < -0.39 is 17.8 Å². The quantitative estimate of drug-likeness (QED) is 0.780. The van der Waals surface area contributed by atoms with Crippen LogP contribution >= 0.6 is 11.3 Å². The molecular weight excluding hydrogens is 339 g/mol. The van der Waals surface area contributed by atoms with Gasteiger partial charge in [0.15, 0.2) is 0 Å². The number of hydrogen-bond acceptors (Lipinski definition) is 4. The number of hydrogen-bond donors (Lipinski definition) is 1. The van der Waals surface area contributed by atoms with E-state index in [1.54, 1.807) is 11.3 Å². The zero-order chi connectivity index (χ0) is 17.2. The van der Waals surface area contributed by atoms with Gasteiger partial charge in [-0.05, 0) is 24.3 Å². The number of carbonyl (C=O) groups excluding carboxylic acids is 1. The second-order valence-corrected chi connectivity index (χ2v) is 6.13. The molecule has 0 fully saturated rings. The Morgan fingerprint density at radius 3 is 2.62 bits per heavy atom. The Labute approximate surface area is 139 Å². The predicted molar refractivity (Wildman–Crippen MR) is 84.9 cm³/mol. The molecule has 1 aromatic carbocycles. The summed E-state index contributed by atoms with van der Waals surface area (Å²) in [7, 11) is 0. The number of thiazole rings is 1. The van der Waals surface area contributed by atoms with E-state index in [1.165, 1.54) is 0 Å². The first-order valence-corrected chi connectivity index (χ1v) is 7.91. The number of pyridine rings is 1. The first-order chi connectivity index (χ1) is 11.4. The van der Waals surface area contributed by atoms with Crippen LogP contribution in [-0.2, 0) is 12.6 Å². The van der Waals surface area contributed by atoms with Crippen LogP contribution in [0.1, 0.15) is 21.1 Å². The molecule has 0 atom stereocenters. The highest BCUT2D eigenvalue weighted by Crippen LogP contribution is 2.27. The smallest absolute Gasteiger partial charge is 0.352 e. The Balaban J connectivity index is 1.57. The van der Waals surface area contributed by atoms with Crippen LogP contribution in [0.3, 0.4) is 0 Å². The first-order valence-electron chi connectivity index (χ1n) is 7.09. The highest BCUT2D eigenvalue weighted by atomic mass is 32.1. The fourth-order valence-electron chi connectivity index (χ4n) is 2.11. The van der Waals surface area contributed by atoms with Gasteiger partial charge in [-0.25, -0.2) is 4.98 Å². The van der Waals surface area contributed by atoms with Gasteiger partial charge in [0.1, 0.15) is 5.69 Å². The van der Waals surface area contributed by atoms with E-state index in [9.17, 15) is 18.0 Å². The van der Waals surface area contributed by atoms with Gasteiger partial charge in [0.05, 0.1) is 20.8 Å². The van der Waals surface area contributed by atoms with Crippen LogP contribution in [0.4, 0.5) is 13.2 Å². The molecule has 0 aliphatic heterocycles. The number of fused-ring (bicyclic) bond motifs is 1. The number of benzene rings is 1. The van der Waals surface area contributed by atoms with E-state index in [0.29, 0.717) is 13.0 Å². The fraction of sp³-hybridized carbons (Fsp3) is 0.188. The van der Waals surface area contributed by atoms with E-state index in [-0.39, 0.29) is 5.56 Å². The molecule has 0 unspecified atom stereocenters. The Kier molecular flexibility index (Phi) is 4.48. The van der Waals surface area contributed by atoms with Crippen molar-refractivity contribution >= 4 is 27.5 Å². The molecule has 2 heterocycles. The van der Waals surface area contributed by atoms with Crippen molar-refractivity contribution in [2.45, 2.75) is 12.6 Å². The van der Waals surface area contributed by atoms with Crippen molar-refractivity contribution in [3.05, 3.63) is 58.9 Å². The molecule has 3 aromatic rings. The van der Waals surface area contributed by atoms with Gasteiger partial charge in [-0.3, -0.25) is 9.78 Å². The van der Waals surface area contributed by atoms with E-state index in [4.69, 9.17) is 0 Å². The second kappa shape index (κ2) is 6.56. The normalized spacial score (nSPS) is 11.6. The van der Waals surface area contributed by atoms with Crippen molar-refractivity contribution in [1.82, 2.24) is 15.3 Å². The lowest BCUT2D eigenvalue weighted by molar-refractivity contribution is -0.141. The fourth-order valence-corrected chi connectivity index (χ4v) is 3.07. The first kappa shape index (κ1) is 16.4. The SMILES string of the molecule is O=C(NCCc1nc2ccccc2s1)c1ccc(C(F)(F)F)nc1. The zero-order valence-corrected chi connectivity index (χ0v) is 13.1. The number of nitrogens with one attached hydrogen (secondary N) is 1. The standard InChI is InChI=1S/C16H12F3N3OS/c17-16(18,19)13-6-5-10(9-21-13)15(23)20-8-7-14-22-11-3-1-2-4-12(11)24-14/h1-6,9H,7-8H2,(H,20,23). The van der Waals surface area contributed by atoms with Crippen molar-refractivity contribution in [2.24, 2.45) is 0 Å². The van der Waals surface area contributed by atoms with Crippen LogP contribution in [0.2, 0.25) is 0 Å². The van der Waals surface area contributed by atoms with Crippen LogP contribution in [0, 0.1) is 0 Å². The van der Waals surface area contributed by atoms with Crippen molar-refractivity contribution in [1.29, 1.82) is 0 Å². The molecule has 1 amide bonds. The monoisotopic (exact) mass is 351 g/mol. The third-order valence-corrected chi connectivity index (χ3v) is 4.37. The van der Waals surface area contributed by atoms with Gasteiger partial charge < -0.3 is 5.32 Å². The predicted octanol–water partition coefficient (Wildman–Crippen LogP) is 3.68. The van der Waals surface area contributed by atoms with Gasteiger partial charge in [0, 0.05) is 19.2 Å². The summed E-state index contributed by atoms with van der Waals surface area (Å²) in [6, 6.07) is 9.64. The molecule has 8 heteroatoms. The molecule has 0 spiro atoms. The molecule has 0 saturated carbocycles. The number of alkyl halides is 3. The van der Waals surface area contributed by atoms with Crippen LogP contribution < -0.4 is 5.32 Å². The lowest BCUT2D eigenvalue weighted by Crippen LogP contribution is -2.26. The van der Waals surface area contributed by atoms with E-state index in [1.807, 2.05) is 24.3 Å². The van der Waals surface area contributed by atoms with Gasteiger partial charge in [-0.15, -0.1) is 11.3 Å². The highest BCUT2D eigenvalue weighted by molar-refractivity contribution is 7.18. The molecule has 0 saturated heterocycles. The Hall–Kier alpha value is -2.48. The Morgan fingerprint density at radius 1 is 1.17 bits per heavy atom. The summed E-state index contributed by atoms with van der Waals surface area (Å²) in [5, 5.41) is 3.55. The molecule has 0 aliphatic rings. The van der Waals surface area contributed by atoms with Gasteiger partial charge >= 0.3 is 6.18 Å². The summed E-state index contributed by atoms with van der Waals surface area (Å²) in [6.07, 6.45) is -3.03. The minimum absolute atomic E-state index is 0.0901. The molecule has 0 bridgehead atoms. The number of aromatic nitrogens is 2. The topological polar surface area (TPSA) is 54.9 Å². The number of halogens is 3. The average Bonchev–Trinajstić information content (AvgIpc) is 2.96. The number of carbonyl (C=O) groups is 1. The third-order valence-electron chi connectivity index (χ3n) is 3.28. The summed E-state index contributed by atoms with van der Waals surface area (Å²) in [5.74, 6) is -0.461. The van der Waals surface area contributed by atoms with Gasteiger partial charge in [-0.2, -0.15) is 13.2 Å². The van der Waals surface area contributed by atoms with Crippen LogP contribution in [0.5, 0.6) is 0 Å². The number of amides is 1. The molecule has 124 valence electrons. The van der Waals surface area contributed by atoms with Crippen molar-refractivity contribution in [3.63, 3.8) is 0 Å². The summed E-state index contributed by atoms with van der Waals surface area (Å²) in [5.41, 5.74) is -0.0170. The minimum Gasteiger partial charge on any atom is -0.352 e. The van der Waals surface area contributed by atoms with Crippen molar-refractivity contribution in [2.75, 3.05) is 6.54 Å². The largest absolute Gasteiger partial charge is 0.433 e. The maximum atomic E-state index is 12.4. The molecule has 2 aromatic heterocycles. The number of para-hydroxylation sites is 1. The summed E-state index contributed by atoms with van der Waals surface area (Å²) < 4.78 is 38.4. The number of nitrogens with zero attached hydrogens (tertiary/aromatic N) is 2. The van der Waals surface area contributed by atoms with Gasteiger partial charge in [0.2, 0.25) is 0 Å². The second-order valence-electron chi connectivity index (χ2n) is 5.01. The molecule has 4 nitrogen and oxygen atoms in total. The van der Waals surface area contributed by atoms with E-state index >= 15 is 0 Å². The maximum Gasteiger partial charge on any atom is 0.433 e. The molecule has 3 rings (SSSR count). The maximum absolute atomic E-state index is 12.4. The van der Waals surface area contributed by atoms with Crippen molar-refractivity contribution < 1.29 is 18.0 Å². The molecular formula is C16H12F3N3OS. The van der Waals surface area contributed by atoms with Crippen LogP contribution in [0.15, 0.2) is 42.6 Å². The zero-order valence-electron chi connectivity index (χ0n) is 12.3. The molecule has 1 N–H and O–H groups in total. The van der Waals surface area contributed by atoms with E-state index in [0.717, 1.165) is 33.6 Å². The molecule has 0 aliphatic carbocycles. The lowest BCUT2D eigenvalue weighted by Gasteiger charge is -2.07. The summed E-state index contributed by atoms with van der Waals surface area (Å²) in [6.45, 7) is 0.347. The average molecular weight is 351 g/mol. The highest BCUT2D eigenvalue weighted by Gasteiger charge is 2.32. The number of rotatable bonds is 4. The summed E-state index contributed by atoms with van der Waals surface area (Å²) in [4.78, 5) is 19.6. The molecule has 24 heavy (non-hydrogen) atoms. The van der Waals surface area contributed by atoms with Gasteiger partial charge in [0.25, 0.3) is 5.91 Å². The van der Waals surface area contributed by atoms with E-state index in [2.05, 4.69) is 15.3 Å². The van der Waals surface area contributed by atoms with Gasteiger partial charge in [-0.1, -0.05) is 12.1 Å². The van der Waals surface area contributed by atoms with Crippen LogP contribution in [0.25, 0.3) is 10.2 Å². The molecule has 0 radical (unpaired) electrons. The summed E-state index contributed by atoms with van der Waals surface area (Å²) >= 11 is 1.55. The van der Waals surface area contributed by atoms with Crippen LogP contribution in [-0.4, -0.2) is 22.4 Å².